The highest BCUT2D eigenvalue weighted by molar-refractivity contribution is 5.89. The molecule has 1 aliphatic carbocycles. The Morgan fingerprint density at radius 2 is 1.97 bits per heavy atom. The van der Waals surface area contributed by atoms with Gasteiger partial charge in [0.15, 0.2) is 11.6 Å². The van der Waals surface area contributed by atoms with Crippen LogP contribution < -0.4 is 10.1 Å². The van der Waals surface area contributed by atoms with Gasteiger partial charge in [0.25, 0.3) is 0 Å². The first kappa shape index (κ1) is 24.0. The molecule has 0 amide bonds. The van der Waals surface area contributed by atoms with Crippen molar-refractivity contribution < 1.29 is 19.0 Å². The van der Waals surface area contributed by atoms with E-state index in [4.69, 9.17) is 4.74 Å². The molecule has 2 unspecified atom stereocenters. The fourth-order valence-electron chi connectivity index (χ4n) is 5.10. The number of carboxylic acid groups (broad SMARTS) is 1. The maximum Gasteiger partial charge on any atom is 0.335 e. The molecule has 0 aromatic heterocycles. The van der Waals surface area contributed by atoms with Gasteiger partial charge in [-0.1, -0.05) is 42.5 Å². The third-order valence-electron chi connectivity index (χ3n) is 7.08. The minimum Gasteiger partial charge on any atom is -0.494 e. The van der Waals surface area contributed by atoms with Crippen molar-refractivity contribution in [1.82, 2.24) is 5.32 Å². The van der Waals surface area contributed by atoms with Crippen LogP contribution in [-0.2, 0) is 6.42 Å². The number of carbonyl (C=O) groups is 1. The first-order valence-corrected chi connectivity index (χ1v) is 11.9. The van der Waals surface area contributed by atoms with Crippen LogP contribution in [0.25, 0.3) is 0 Å². The smallest absolute Gasteiger partial charge is 0.335 e. The molecule has 178 valence electrons. The molecule has 0 saturated heterocycles. The number of aryl methyl sites for hydroxylation is 1. The van der Waals surface area contributed by atoms with E-state index < -0.39 is 5.97 Å². The van der Waals surface area contributed by atoms with E-state index >= 15 is 0 Å². The van der Waals surface area contributed by atoms with E-state index in [2.05, 4.69) is 42.6 Å². The second-order valence-corrected chi connectivity index (χ2v) is 9.30. The molecule has 4 rings (SSSR count). The van der Waals surface area contributed by atoms with Crippen LogP contribution in [0.3, 0.4) is 0 Å². The number of halogens is 1. The molecule has 3 aromatic carbocycles. The van der Waals surface area contributed by atoms with E-state index in [9.17, 15) is 14.3 Å². The number of carboxylic acids is 1. The van der Waals surface area contributed by atoms with Crippen LogP contribution in [0.2, 0.25) is 0 Å². The lowest BCUT2D eigenvalue weighted by atomic mass is 9.72. The SMILES string of the molecule is COc1cc([C@@H](C)NCCC2Cc3ccccc3C(c3ccc(C)c(C(=O)O)c3)C2)ccc1F. The number of aromatic carboxylic acids is 1. The Morgan fingerprint density at radius 3 is 2.74 bits per heavy atom. The number of benzene rings is 3. The van der Waals surface area contributed by atoms with Gasteiger partial charge in [0.1, 0.15) is 0 Å². The van der Waals surface area contributed by atoms with Crippen molar-refractivity contribution in [3.63, 3.8) is 0 Å². The maximum atomic E-state index is 13.7. The van der Waals surface area contributed by atoms with Gasteiger partial charge in [-0.2, -0.15) is 0 Å². The van der Waals surface area contributed by atoms with Crippen LogP contribution in [-0.4, -0.2) is 24.7 Å². The zero-order chi connectivity index (χ0) is 24.2. The number of ether oxygens (including phenoxy) is 1. The molecular weight excluding hydrogens is 429 g/mol. The summed E-state index contributed by atoms with van der Waals surface area (Å²) < 4.78 is 18.9. The van der Waals surface area contributed by atoms with Crippen LogP contribution in [0, 0.1) is 18.7 Å². The van der Waals surface area contributed by atoms with Gasteiger partial charge in [-0.25, -0.2) is 9.18 Å². The Morgan fingerprint density at radius 1 is 1.18 bits per heavy atom. The summed E-state index contributed by atoms with van der Waals surface area (Å²) in [6, 6.07) is 19.4. The van der Waals surface area contributed by atoms with Gasteiger partial charge in [0, 0.05) is 12.0 Å². The summed E-state index contributed by atoms with van der Waals surface area (Å²) in [7, 11) is 1.48. The quantitative estimate of drug-likeness (QED) is 0.415. The molecule has 0 heterocycles. The molecule has 0 saturated carbocycles. The first-order chi connectivity index (χ1) is 16.4. The molecule has 3 atom stereocenters. The summed E-state index contributed by atoms with van der Waals surface area (Å²) in [5.41, 5.74) is 5.87. The van der Waals surface area contributed by atoms with Crippen LogP contribution >= 0.6 is 0 Å². The lowest BCUT2D eigenvalue weighted by Gasteiger charge is -2.32. The van der Waals surface area contributed by atoms with Crippen molar-refractivity contribution in [3.05, 3.63) is 99.9 Å². The predicted octanol–water partition coefficient (Wildman–Crippen LogP) is 6.28. The van der Waals surface area contributed by atoms with Crippen molar-refractivity contribution in [2.24, 2.45) is 5.92 Å². The minimum absolute atomic E-state index is 0.0800. The minimum atomic E-state index is -0.879. The van der Waals surface area contributed by atoms with Crippen molar-refractivity contribution in [2.75, 3.05) is 13.7 Å². The summed E-state index contributed by atoms with van der Waals surface area (Å²) >= 11 is 0. The molecular formula is C29H32FNO3. The lowest BCUT2D eigenvalue weighted by Crippen LogP contribution is -2.26. The largest absolute Gasteiger partial charge is 0.494 e. The van der Waals surface area contributed by atoms with Crippen LogP contribution in [0.1, 0.15) is 69.9 Å². The van der Waals surface area contributed by atoms with Gasteiger partial charge >= 0.3 is 5.97 Å². The fraction of sp³-hybridized carbons (Fsp3) is 0.345. The van der Waals surface area contributed by atoms with Gasteiger partial charge in [0.2, 0.25) is 0 Å². The van der Waals surface area contributed by atoms with Crippen molar-refractivity contribution in [1.29, 1.82) is 0 Å². The maximum absolute atomic E-state index is 13.7. The number of rotatable bonds is 8. The summed E-state index contributed by atoms with van der Waals surface area (Å²) in [6.07, 6.45) is 3.01. The highest BCUT2D eigenvalue weighted by atomic mass is 19.1. The summed E-state index contributed by atoms with van der Waals surface area (Å²) in [4.78, 5) is 11.7. The Balaban J connectivity index is 1.47. The van der Waals surface area contributed by atoms with E-state index in [1.807, 2.05) is 19.1 Å². The monoisotopic (exact) mass is 461 g/mol. The standard InChI is InChI=1S/C29H32FNO3/c1-18-8-9-23(16-25(18)29(32)33)26-15-20(14-22-6-4-5-7-24(22)26)12-13-31-19(2)21-10-11-27(30)28(17-21)34-3/h4-11,16-17,19-20,26,31H,12-15H2,1-3H3,(H,32,33)/t19-,20?,26?/m1/s1. The number of hydrogen-bond acceptors (Lipinski definition) is 3. The summed E-state index contributed by atoms with van der Waals surface area (Å²) in [5.74, 6) is -0.302. The van der Waals surface area contributed by atoms with Crippen LogP contribution in [0.4, 0.5) is 4.39 Å². The molecule has 4 nitrogen and oxygen atoms in total. The van der Waals surface area contributed by atoms with E-state index in [-0.39, 0.29) is 23.5 Å². The molecule has 0 aliphatic heterocycles. The Labute approximate surface area is 200 Å². The van der Waals surface area contributed by atoms with Gasteiger partial charge in [-0.15, -0.1) is 0 Å². The summed E-state index contributed by atoms with van der Waals surface area (Å²) in [6.45, 7) is 4.76. The normalized spacial score (nSPS) is 18.2. The first-order valence-electron chi connectivity index (χ1n) is 11.9. The average molecular weight is 462 g/mol. The molecule has 3 aromatic rings. The van der Waals surface area contributed by atoms with E-state index in [1.165, 1.54) is 24.3 Å². The van der Waals surface area contributed by atoms with Crippen molar-refractivity contribution in [2.45, 2.75) is 45.1 Å². The molecule has 34 heavy (non-hydrogen) atoms. The molecule has 0 bridgehead atoms. The number of fused-ring (bicyclic) bond motifs is 1. The molecule has 0 spiro atoms. The highest BCUT2D eigenvalue weighted by Crippen LogP contribution is 2.40. The number of nitrogens with one attached hydrogen (secondary N) is 1. The number of hydrogen-bond donors (Lipinski definition) is 2. The van der Waals surface area contributed by atoms with Crippen LogP contribution in [0.5, 0.6) is 5.75 Å². The van der Waals surface area contributed by atoms with Crippen molar-refractivity contribution in [3.8, 4) is 5.75 Å². The zero-order valence-corrected chi connectivity index (χ0v) is 20.0. The third kappa shape index (κ3) is 5.15. The predicted molar refractivity (Wildman–Crippen MR) is 132 cm³/mol. The fourth-order valence-corrected chi connectivity index (χ4v) is 5.10. The van der Waals surface area contributed by atoms with Gasteiger partial charge in [-0.05, 0) is 91.6 Å². The highest BCUT2D eigenvalue weighted by Gasteiger charge is 2.28. The van der Waals surface area contributed by atoms with E-state index in [0.717, 1.165) is 42.5 Å². The van der Waals surface area contributed by atoms with E-state index in [1.54, 1.807) is 12.1 Å². The Hall–Kier alpha value is -3.18. The Kier molecular flexibility index (Phi) is 7.32. The topological polar surface area (TPSA) is 58.6 Å². The molecule has 5 heteroatoms. The summed E-state index contributed by atoms with van der Waals surface area (Å²) in [5, 5.41) is 13.2. The molecule has 0 radical (unpaired) electrons. The van der Waals surface area contributed by atoms with Gasteiger partial charge in [0.05, 0.1) is 12.7 Å². The number of methoxy groups -OCH3 is 1. The average Bonchev–Trinajstić information content (AvgIpc) is 2.84. The third-order valence-corrected chi connectivity index (χ3v) is 7.08. The second kappa shape index (κ2) is 10.4. The second-order valence-electron chi connectivity index (χ2n) is 9.30. The molecule has 1 aliphatic rings. The molecule has 0 fully saturated rings. The van der Waals surface area contributed by atoms with Gasteiger partial charge in [-0.3, -0.25) is 0 Å². The molecule has 2 N–H and O–H groups in total. The Bertz CT molecular complexity index is 1180. The van der Waals surface area contributed by atoms with Crippen LogP contribution in [0.15, 0.2) is 60.7 Å². The van der Waals surface area contributed by atoms with Crippen molar-refractivity contribution >= 4 is 5.97 Å². The van der Waals surface area contributed by atoms with E-state index in [0.29, 0.717) is 11.5 Å². The zero-order valence-electron chi connectivity index (χ0n) is 20.0. The lowest BCUT2D eigenvalue weighted by molar-refractivity contribution is 0.0696. The van der Waals surface area contributed by atoms with Gasteiger partial charge < -0.3 is 15.2 Å².